The summed E-state index contributed by atoms with van der Waals surface area (Å²) in [5, 5.41) is 9.44. The minimum absolute atomic E-state index is 0.0771. The molecule has 0 fully saturated rings. The number of hydrogen-bond acceptors (Lipinski definition) is 2. The normalized spacial score (nSPS) is 13.7. The summed E-state index contributed by atoms with van der Waals surface area (Å²) in [7, 11) is 0. The van der Waals surface area contributed by atoms with Crippen molar-refractivity contribution in [2.24, 2.45) is 11.8 Å². The largest absolute Gasteiger partial charge is 0.481 e. The predicted octanol–water partition coefficient (Wildman–Crippen LogP) is 4.18. The quantitative estimate of drug-likeness (QED) is 0.418. The van der Waals surface area contributed by atoms with E-state index in [0.29, 0.717) is 5.56 Å². The van der Waals surface area contributed by atoms with Crippen LogP contribution in [0.3, 0.4) is 0 Å². The van der Waals surface area contributed by atoms with Crippen molar-refractivity contribution < 1.29 is 14.7 Å². The van der Waals surface area contributed by atoms with Gasteiger partial charge in [0.05, 0.1) is 0 Å². The third kappa shape index (κ3) is 4.48. The summed E-state index contributed by atoms with van der Waals surface area (Å²) in [5.74, 6) is -2.25. The van der Waals surface area contributed by atoms with Crippen molar-refractivity contribution in [2.75, 3.05) is 0 Å². The molecule has 2 unspecified atom stereocenters. The number of unbranched alkanes of at least 4 members (excludes halogenated alkanes) is 2. The molecule has 0 radical (unpaired) electrons. The molecule has 1 rings (SSSR count). The lowest BCUT2D eigenvalue weighted by molar-refractivity contribution is -0.141. The third-order valence-corrected chi connectivity index (χ3v) is 3.78. The Balaban J connectivity index is 2.86. The fourth-order valence-electron chi connectivity index (χ4n) is 2.57. The molecule has 0 aliphatic carbocycles. The SMILES string of the molecule is CCCCCC(CC)C(C(=O)O)C(=O)c1ccccc1. The van der Waals surface area contributed by atoms with Crippen LogP contribution in [0.25, 0.3) is 0 Å². The van der Waals surface area contributed by atoms with Gasteiger partial charge in [-0.3, -0.25) is 9.59 Å². The van der Waals surface area contributed by atoms with Crippen LogP contribution in [0.15, 0.2) is 30.3 Å². The van der Waals surface area contributed by atoms with E-state index in [1.807, 2.05) is 13.0 Å². The number of benzene rings is 1. The van der Waals surface area contributed by atoms with Crippen molar-refractivity contribution in [3.63, 3.8) is 0 Å². The molecule has 0 amide bonds. The smallest absolute Gasteiger partial charge is 0.314 e. The minimum Gasteiger partial charge on any atom is -0.481 e. The number of carbonyl (C=O) groups excluding carboxylic acids is 1. The number of carboxylic acid groups (broad SMARTS) is 1. The van der Waals surface area contributed by atoms with Crippen LogP contribution in [0.5, 0.6) is 0 Å². The molecule has 110 valence electrons. The summed E-state index contributed by atoms with van der Waals surface area (Å²) in [6.45, 7) is 4.08. The highest BCUT2D eigenvalue weighted by Crippen LogP contribution is 2.26. The molecule has 1 aromatic rings. The number of aliphatic carboxylic acids is 1. The average Bonchev–Trinajstić information content (AvgIpc) is 2.46. The molecule has 3 heteroatoms. The Morgan fingerprint density at radius 2 is 1.75 bits per heavy atom. The third-order valence-electron chi connectivity index (χ3n) is 3.78. The maximum Gasteiger partial charge on any atom is 0.314 e. The van der Waals surface area contributed by atoms with Crippen LogP contribution in [0.2, 0.25) is 0 Å². The van der Waals surface area contributed by atoms with Gasteiger partial charge in [0.1, 0.15) is 5.92 Å². The van der Waals surface area contributed by atoms with Gasteiger partial charge in [-0.15, -0.1) is 0 Å². The summed E-state index contributed by atoms with van der Waals surface area (Å²) in [6, 6.07) is 8.74. The summed E-state index contributed by atoms with van der Waals surface area (Å²) in [4.78, 5) is 24.0. The van der Waals surface area contributed by atoms with Gasteiger partial charge >= 0.3 is 5.97 Å². The molecule has 3 nitrogen and oxygen atoms in total. The van der Waals surface area contributed by atoms with Crippen molar-refractivity contribution in [3.8, 4) is 0 Å². The lowest BCUT2D eigenvalue weighted by Crippen LogP contribution is -2.31. The van der Waals surface area contributed by atoms with E-state index in [1.165, 1.54) is 0 Å². The van der Waals surface area contributed by atoms with Crippen LogP contribution >= 0.6 is 0 Å². The van der Waals surface area contributed by atoms with Gasteiger partial charge in [0.15, 0.2) is 5.78 Å². The average molecular weight is 276 g/mol. The van der Waals surface area contributed by atoms with E-state index in [9.17, 15) is 14.7 Å². The van der Waals surface area contributed by atoms with Crippen LogP contribution in [-0.4, -0.2) is 16.9 Å². The van der Waals surface area contributed by atoms with E-state index in [-0.39, 0.29) is 11.7 Å². The molecule has 0 saturated heterocycles. The van der Waals surface area contributed by atoms with Crippen LogP contribution in [0, 0.1) is 11.8 Å². The first-order valence-corrected chi connectivity index (χ1v) is 7.43. The molecule has 0 aliphatic heterocycles. The second-order valence-electron chi connectivity index (χ2n) is 5.21. The van der Waals surface area contributed by atoms with Gasteiger partial charge in [-0.05, 0) is 12.3 Å². The van der Waals surface area contributed by atoms with Gasteiger partial charge in [-0.25, -0.2) is 0 Å². The molecule has 0 aliphatic rings. The van der Waals surface area contributed by atoms with E-state index in [1.54, 1.807) is 24.3 Å². The maximum absolute atomic E-state index is 12.4. The molecule has 20 heavy (non-hydrogen) atoms. The molecule has 0 heterocycles. The van der Waals surface area contributed by atoms with Gasteiger partial charge in [-0.2, -0.15) is 0 Å². The van der Waals surface area contributed by atoms with Crippen molar-refractivity contribution in [1.82, 2.24) is 0 Å². The fourth-order valence-corrected chi connectivity index (χ4v) is 2.57. The van der Waals surface area contributed by atoms with Gasteiger partial charge in [-0.1, -0.05) is 69.9 Å². The molecule has 0 saturated carbocycles. The van der Waals surface area contributed by atoms with E-state index in [2.05, 4.69) is 6.92 Å². The summed E-state index contributed by atoms with van der Waals surface area (Å²) in [5.41, 5.74) is 0.494. The number of hydrogen-bond donors (Lipinski definition) is 1. The second kappa shape index (κ2) is 8.51. The van der Waals surface area contributed by atoms with E-state index in [4.69, 9.17) is 0 Å². The highest BCUT2D eigenvalue weighted by Gasteiger charge is 2.33. The number of carbonyl (C=O) groups is 2. The monoisotopic (exact) mass is 276 g/mol. The topological polar surface area (TPSA) is 54.4 Å². The molecule has 1 aromatic carbocycles. The highest BCUT2D eigenvalue weighted by atomic mass is 16.4. The lowest BCUT2D eigenvalue weighted by atomic mass is 9.81. The first kappa shape index (κ1) is 16.4. The Bertz CT molecular complexity index is 425. The van der Waals surface area contributed by atoms with Gasteiger partial charge in [0, 0.05) is 5.56 Å². The summed E-state index contributed by atoms with van der Waals surface area (Å²) in [6.07, 6.45) is 4.70. The Hall–Kier alpha value is -1.64. The highest BCUT2D eigenvalue weighted by molar-refractivity contribution is 6.08. The molecule has 1 N–H and O–H groups in total. The van der Waals surface area contributed by atoms with Crippen molar-refractivity contribution in [3.05, 3.63) is 35.9 Å². The molecule has 0 aromatic heterocycles. The number of Topliss-reactive ketones (excluding diaryl/α,β-unsaturated/α-hetero) is 1. The van der Waals surface area contributed by atoms with E-state index in [0.717, 1.165) is 32.1 Å². The standard InChI is InChI=1S/C17H24O3/c1-3-5-7-10-13(4-2)15(17(19)20)16(18)14-11-8-6-9-12-14/h6,8-9,11-13,15H,3-5,7,10H2,1-2H3,(H,19,20). The fraction of sp³-hybridized carbons (Fsp3) is 0.529. The zero-order chi connectivity index (χ0) is 15.0. The number of ketones is 1. The van der Waals surface area contributed by atoms with E-state index >= 15 is 0 Å². The number of rotatable bonds is 9. The molecular formula is C17H24O3. The Kier molecular flexibility index (Phi) is 6.99. The molecular weight excluding hydrogens is 252 g/mol. The molecule has 0 bridgehead atoms. The zero-order valence-corrected chi connectivity index (χ0v) is 12.3. The first-order valence-electron chi connectivity index (χ1n) is 7.43. The summed E-state index contributed by atoms with van der Waals surface area (Å²) < 4.78 is 0. The summed E-state index contributed by atoms with van der Waals surface area (Å²) >= 11 is 0. The Morgan fingerprint density at radius 1 is 1.10 bits per heavy atom. The van der Waals surface area contributed by atoms with Crippen molar-refractivity contribution >= 4 is 11.8 Å². The Labute approximate surface area is 121 Å². The van der Waals surface area contributed by atoms with Gasteiger partial charge < -0.3 is 5.11 Å². The van der Waals surface area contributed by atoms with Crippen LogP contribution in [0.4, 0.5) is 0 Å². The molecule has 2 atom stereocenters. The van der Waals surface area contributed by atoms with Gasteiger partial charge in [0.25, 0.3) is 0 Å². The maximum atomic E-state index is 12.4. The second-order valence-corrected chi connectivity index (χ2v) is 5.21. The lowest BCUT2D eigenvalue weighted by Gasteiger charge is -2.21. The number of carboxylic acids is 1. The predicted molar refractivity (Wildman–Crippen MR) is 79.8 cm³/mol. The van der Waals surface area contributed by atoms with E-state index < -0.39 is 11.9 Å². The van der Waals surface area contributed by atoms with Crippen molar-refractivity contribution in [1.29, 1.82) is 0 Å². The Morgan fingerprint density at radius 3 is 2.25 bits per heavy atom. The minimum atomic E-state index is -0.998. The zero-order valence-electron chi connectivity index (χ0n) is 12.3. The van der Waals surface area contributed by atoms with Crippen LogP contribution < -0.4 is 0 Å². The molecule has 0 spiro atoms. The van der Waals surface area contributed by atoms with Crippen molar-refractivity contribution in [2.45, 2.75) is 46.0 Å². The van der Waals surface area contributed by atoms with Crippen LogP contribution in [0.1, 0.15) is 56.3 Å². The van der Waals surface area contributed by atoms with Gasteiger partial charge in [0.2, 0.25) is 0 Å². The van der Waals surface area contributed by atoms with Crippen LogP contribution in [-0.2, 0) is 4.79 Å². The first-order chi connectivity index (χ1) is 9.61.